The summed E-state index contributed by atoms with van der Waals surface area (Å²) in [6.07, 6.45) is 1.20. The Morgan fingerprint density at radius 1 is 1.25 bits per heavy atom. The van der Waals surface area contributed by atoms with Crippen LogP contribution in [0.3, 0.4) is 0 Å². The Labute approximate surface area is 133 Å². The molecule has 1 aromatic carbocycles. The summed E-state index contributed by atoms with van der Waals surface area (Å²) in [6, 6.07) is 7.18. The van der Waals surface area contributed by atoms with E-state index in [1.54, 1.807) is 11.8 Å². The molecule has 4 nitrogen and oxygen atoms in total. The minimum atomic E-state index is -0.775. The van der Waals surface area contributed by atoms with Gasteiger partial charge in [0.15, 0.2) is 0 Å². The first-order valence-electron chi connectivity index (χ1n) is 6.87. The van der Waals surface area contributed by atoms with E-state index in [2.05, 4.69) is 27.9 Å². The van der Waals surface area contributed by atoms with Crippen molar-refractivity contribution in [1.82, 2.24) is 5.32 Å². The number of amides is 2. The summed E-state index contributed by atoms with van der Waals surface area (Å²) in [6.45, 7) is 5.64. The molecule has 5 heteroatoms. The fourth-order valence-corrected chi connectivity index (χ4v) is 3.26. The van der Waals surface area contributed by atoms with E-state index in [4.69, 9.17) is 0 Å². The number of carbonyl (C=O) groups is 2. The van der Waals surface area contributed by atoms with Crippen molar-refractivity contribution in [2.24, 2.45) is 0 Å². The summed E-state index contributed by atoms with van der Waals surface area (Å²) in [4.78, 5) is 26.8. The first-order chi connectivity index (χ1) is 9.46. The van der Waals surface area contributed by atoms with Gasteiger partial charge in [-0.2, -0.15) is 0 Å². The highest BCUT2D eigenvalue weighted by Crippen LogP contribution is 2.32. The third kappa shape index (κ3) is 2.32. The highest BCUT2D eigenvalue weighted by molar-refractivity contribution is 14.1. The molecular formula is C15H19IN2O2. The van der Waals surface area contributed by atoms with Crippen LogP contribution in [0.2, 0.25) is 0 Å². The van der Waals surface area contributed by atoms with E-state index in [1.165, 1.54) is 0 Å². The Morgan fingerprint density at radius 3 is 2.40 bits per heavy atom. The number of anilines is 1. The molecule has 1 N–H and O–H groups in total. The summed E-state index contributed by atoms with van der Waals surface area (Å²) in [7, 11) is 0. The molecule has 1 fully saturated rings. The number of carbonyl (C=O) groups excluding carboxylic acids is 2. The summed E-state index contributed by atoms with van der Waals surface area (Å²) in [5, 5.41) is 2.92. The topological polar surface area (TPSA) is 49.4 Å². The maximum atomic E-state index is 12.9. The molecule has 2 amide bonds. The first kappa shape index (κ1) is 15.3. The van der Waals surface area contributed by atoms with E-state index in [1.807, 2.05) is 38.1 Å². The van der Waals surface area contributed by atoms with Gasteiger partial charge in [0.25, 0.3) is 5.91 Å². The van der Waals surface area contributed by atoms with Gasteiger partial charge in [-0.3, -0.25) is 14.5 Å². The lowest BCUT2D eigenvalue weighted by Gasteiger charge is -2.44. The Morgan fingerprint density at radius 2 is 1.85 bits per heavy atom. The molecule has 0 spiro atoms. The minimum Gasteiger partial charge on any atom is -0.340 e. The van der Waals surface area contributed by atoms with Crippen LogP contribution in [0, 0.1) is 3.57 Å². The molecule has 0 aliphatic carbocycles. The van der Waals surface area contributed by atoms with Crippen LogP contribution in [-0.4, -0.2) is 23.4 Å². The molecule has 1 atom stereocenters. The van der Waals surface area contributed by atoms with E-state index < -0.39 is 11.6 Å². The molecule has 0 saturated carbocycles. The van der Waals surface area contributed by atoms with Crippen LogP contribution in [0.1, 0.15) is 33.6 Å². The lowest BCUT2D eigenvalue weighted by Crippen LogP contribution is -2.69. The van der Waals surface area contributed by atoms with E-state index in [0.717, 1.165) is 9.26 Å². The number of piperazine rings is 1. The van der Waals surface area contributed by atoms with Gasteiger partial charge in [-0.25, -0.2) is 0 Å². The highest BCUT2D eigenvalue weighted by Gasteiger charge is 2.48. The molecule has 0 aromatic heterocycles. The third-order valence-electron chi connectivity index (χ3n) is 4.08. The smallest absolute Gasteiger partial charge is 0.253 e. The van der Waals surface area contributed by atoms with Gasteiger partial charge in [-0.1, -0.05) is 26.0 Å². The van der Waals surface area contributed by atoms with Gasteiger partial charge in [0.1, 0.15) is 11.6 Å². The first-order valence-corrected chi connectivity index (χ1v) is 7.95. The van der Waals surface area contributed by atoms with Crippen molar-refractivity contribution in [3.8, 4) is 0 Å². The van der Waals surface area contributed by atoms with Crippen LogP contribution in [0.15, 0.2) is 24.3 Å². The van der Waals surface area contributed by atoms with Crippen LogP contribution in [0.5, 0.6) is 0 Å². The number of nitrogens with one attached hydrogen (secondary N) is 1. The molecule has 1 aliphatic rings. The number of para-hydroxylation sites is 1. The molecule has 1 unspecified atom stereocenters. The van der Waals surface area contributed by atoms with Crippen molar-refractivity contribution in [3.05, 3.63) is 27.8 Å². The lowest BCUT2D eigenvalue weighted by atomic mass is 9.87. The number of benzene rings is 1. The Kier molecular flexibility index (Phi) is 4.36. The predicted molar refractivity (Wildman–Crippen MR) is 87.6 cm³/mol. The molecule has 1 saturated heterocycles. The minimum absolute atomic E-state index is 0.0151. The zero-order valence-corrected chi connectivity index (χ0v) is 14.1. The van der Waals surface area contributed by atoms with E-state index in [9.17, 15) is 9.59 Å². The average molecular weight is 386 g/mol. The second kappa shape index (κ2) is 5.71. The SMILES string of the molecule is CCC1(CC)NC(=O)C(C)N(c2ccccc2I)C1=O. The Balaban J connectivity index is 2.52. The molecular weight excluding hydrogens is 367 g/mol. The van der Waals surface area contributed by atoms with Crippen LogP contribution in [0.4, 0.5) is 5.69 Å². The van der Waals surface area contributed by atoms with Gasteiger partial charge >= 0.3 is 0 Å². The third-order valence-corrected chi connectivity index (χ3v) is 4.99. The maximum Gasteiger partial charge on any atom is 0.253 e. The molecule has 20 heavy (non-hydrogen) atoms. The van der Waals surface area contributed by atoms with Crippen LogP contribution in [0.25, 0.3) is 0 Å². The zero-order chi connectivity index (χ0) is 14.9. The van der Waals surface area contributed by atoms with Crippen molar-refractivity contribution in [2.45, 2.75) is 45.2 Å². The summed E-state index contributed by atoms with van der Waals surface area (Å²) in [5.74, 6) is -0.105. The van der Waals surface area contributed by atoms with Gasteiger partial charge in [0.2, 0.25) is 5.91 Å². The maximum absolute atomic E-state index is 12.9. The largest absolute Gasteiger partial charge is 0.340 e. The summed E-state index contributed by atoms with van der Waals surface area (Å²) < 4.78 is 0.973. The van der Waals surface area contributed by atoms with E-state index >= 15 is 0 Å². The molecule has 0 radical (unpaired) electrons. The van der Waals surface area contributed by atoms with Crippen LogP contribution >= 0.6 is 22.6 Å². The number of hydrogen-bond donors (Lipinski definition) is 1. The number of nitrogens with zero attached hydrogens (tertiary/aromatic N) is 1. The number of rotatable bonds is 3. The standard InChI is InChI=1S/C15H19IN2O2/c1-4-15(5-2)14(20)18(10(3)13(19)17-15)12-9-7-6-8-11(12)16/h6-10H,4-5H2,1-3H3,(H,17,19). The Hall–Kier alpha value is -1.11. The summed E-state index contributed by atoms with van der Waals surface area (Å²) >= 11 is 2.20. The van der Waals surface area contributed by atoms with Gasteiger partial charge in [0, 0.05) is 3.57 Å². The molecule has 108 valence electrons. The predicted octanol–water partition coefficient (Wildman–Crippen LogP) is 2.70. The second-order valence-corrected chi connectivity index (χ2v) is 6.24. The zero-order valence-electron chi connectivity index (χ0n) is 11.9. The highest BCUT2D eigenvalue weighted by atomic mass is 127. The second-order valence-electron chi connectivity index (χ2n) is 5.08. The quantitative estimate of drug-likeness (QED) is 0.813. The average Bonchev–Trinajstić information content (AvgIpc) is 2.45. The van der Waals surface area contributed by atoms with Crippen molar-refractivity contribution < 1.29 is 9.59 Å². The van der Waals surface area contributed by atoms with Crippen LogP contribution in [-0.2, 0) is 9.59 Å². The summed E-state index contributed by atoms with van der Waals surface area (Å²) in [5.41, 5.74) is 0.0365. The Bertz CT molecular complexity index is 540. The monoisotopic (exact) mass is 386 g/mol. The normalized spacial score (nSPS) is 21.8. The van der Waals surface area contributed by atoms with Gasteiger partial charge in [-0.05, 0) is 54.5 Å². The lowest BCUT2D eigenvalue weighted by molar-refractivity contribution is -0.138. The van der Waals surface area contributed by atoms with E-state index in [-0.39, 0.29) is 11.8 Å². The van der Waals surface area contributed by atoms with E-state index in [0.29, 0.717) is 12.8 Å². The van der Waals surface area contributed by atoms with Crippen LogP contribution < -0.4 is 10.2 Å². The number of hydrogen-bond acceptors (Lipinski definition) is 2. The fourth-order valence-electron chi connectivity index (χ4n) is 2.61. The van der Waals surface area contributed by atoms with Crippen molar-refractivity contribution in [2.75, 3.05) is 4.90 Å². The molecule has 1 aliphatic heterocycles. The molecule has 0 bridgehead atoms. The van der Waals surface area contributed by atoms with Crippen molar-refractivity contribution in [3.63, 3.8) is 0 Å². The molecule has 1 heterocycles. The molecule has 2 rings (SSSR count). The van der Waals surface area contributed by atoms with Gasteiger partial charge in [-0.15, -0.1) is 0 Å². The molecule has 1 aromatic rings. The van der Waals surface area contributed by atoms with Gasteiger partial charge in [0.05, 0.1) is 5.69 Å². The van der Waals surface area contributed by atoms with Gasteiger partial charge < -0.3 is 5.32 Å². The van der Waals surface area contributed by atoms with Crippen molar-refractivity contribution in [1.29, 1.82) is 0 Å². The number of halogens is 1. The fraction of sp³-hybridized carbons (Fsp3) is 0.467. The van der Waals surface area contributed by atoms with Crippen molar-refractivity contribution >= 4 is 40.1 Å².